The molecule has 1 aromatic heterocycles. The van der Waals surface area contributed by atoms with Crippen LogP contribution in [0, 0.1) is 6.92 Å². The fourth-order valence-electron chi connectivity index (χ4n) is 1.87. The number of hydrogen-bond acceptors (Lipinski definition) is 5. The number of nitrogens with zero attached hydrogens (tertiary/aromatic N) is 2. The zero-order chi connectivity index (χ0) is 15.2. The minimum absolute atomic E-state index is 0.0192. The SMILES string of the molecule is Cc1noc(CCNC(=O)Cc2ccccc2C(=O)O)n1. The summed E-state index contributed by atoms with van der Waals surface area (Å²) in [4.78, 5) is 26.9. The molecule has 110 valence electrons. The van der Waals surface area contributed by atoms with Crippen LogP contribution < -0.4 is 5.32 Å². The molecule has 0 aliphatic rings. The van der Waals surface area contributed by atoms with Crippen molar-refractivity contribution in [2.45, 2.75) is 19.8 Å². The number of carbonyl (C=O) groups excluding carboxylic acids is 1. The lowest BCUT2D eigenvalue weighted by Crippen LogP contribution is -2.27. The van der Waals surface area contributed by atoms with Crippen LogP contribution in [0.3, 0.4) is 0 Å². The van der Waals surface area contributed by atoms with Crippen molar-refractivity contribution in [1.29, 1.82) is 0 Å². The molecule has 21 heavy (non-hydrogen) atoms. The van der Waals surface area contributed by atoms with E-state index in [2.05, 4.69) is 15.5 Å². The molecule has 1 heterocycles. The van der Waals surface area contributed by atoms with Crippen molar-refractivity contribution in [3.8, 4) is 0 Å². The molecular weight excluding hydrogens is 274 g/mol. The molecule has 2 N–H and O–H groups in total. The highest BCUT2D eigenvalue weighted by atomic mass is 16.5. The van der Waals surface area contributed by atoms with Crippen molar-refractivity contribution in [1.82, 2.24) is 15.5 Å². The summed E-state index contributed by atoms with van der Waals surface area (Å²) in [5.41, 5.74) is 0.622. The van der Waals surface area contributed by atoms with Crippen molar-refractivity contribution in [2.24, 2.45) is 0 Å². The fourth-order valence-corrected chi connectivity index (χ4v) is 1.87. The highest BCUT2D eigenvalue weighted by molar-refractivity contribution is 5.91. The molecule has 0 saturated carbocycles. The molecule has 0 bridgehead atoms. The van der Waals surface area contributed by atoms with Gasteiger partial charge in [0.05, 0.1) is 12.0 Å². The molecule has 1 aromatic carbocycles. The first-order valence-corrected chi connectivity index (χ1v) is 6.43. The van der Waals surface area contributed by atoms with E-state index in [4.69, 9.17) is 9.63 Å². The van der Waals surface area contributed by atoms with Crippen LogP contribution in [0.15, 0.2) is 28.8 Å². The molecule has 7 heteroatoms. The van der Waals surface area contributed by atoms with Crippen LogP contribution >= 0.6 is 0 Å². The van der Waals surface area contributed by atoms with E-state index in [1.807, 2.05) is 0 Å². The van der Waals surface area contributed by atoms with Crippen LogP contribution in [0.4, 0.5) is 0 Å². The molecule has 1 amide bonds. The third kappa shape index (κ3) is 4.13. The van der Waals surface area contributed by atoms with Gasteiger partial charge in [-0.25, -0.2) is 4.79 Å². The summed E-state index contributed by atoms with van der Waals surface area (Å²) in [7, 11) is 0. The lowest BCUT2D eigenvalue weighted by Gasteiger charge is -2.06. The third-order valence-electron chi connectivity index (χ3n) is 2.83. The molecule has 0 fully saturated rings. The van der Waals surface area contributed by atoms with Gasteiger partial charge in [-0.3, -0.25) is 4.79 Å². The van der Waals surface area contributed by atoms with Gasteiger partial charge >= 0.3 is 5.97 Å². The van der Waals surface area contributed by atoms with Crippen molar-refractivity contribution in [3.63, 3.8) is 0 Å². The van der Waals surface area contributed by atoms with Gasteiger partial charge in [0, 0.05) is 13.0 Å². The Labute approximate surface area is 121 Å². The predicted octanol–water partition coefficient (Wildman–Crippen LogP) is 0.978. The summed E-state index contributed by atoms with van der Waals surface area (Å²) in [6.07, 6.45) is 0.457. The van der Waals surface area contributed by atoms with Crippen LogP contribution in [-0.4, -0.2) is 33.7 Å². The van der Waals surface area contributed by atoms with Gasteiger partial charge < -0.3 is 14.9 Å². The second-order valence-corrected chi connectivity index (χ2v) is 4.47. The van der Waals surface area contributed by atoms with Gasteiger partial charge in [-0.1, -0.05) is 23.4 Å². The number of rotatable bonds is 6. The Hall–Kier alpha value is -2.70. The van der Waals surface area contributed by atoms with E-state index >= 15 is 0 Å². The van der Waals surface area contributed by atoms with Gasteiger partial charge in [0.2, 0.25) is 11.8 Å². The van der Waals surface area contributed by atoms with E-state index < -0.39 is 5.97 Å². The van der Waals surface area contributed by atoms with Crippen molar-refractivity contribution in [3.05, 3.63) is 47.1 Å². The molecule has 0 aliphatic carbocycles. The van der Waals surface area contributed by atoms with Crippen molar-refractivity contribution >= 4 is 11.9 Å². The van der Waals surface area contributed by atoms with E-state index in [1.165, 1.54) is 6.07 Å². The predicted molar refractivity (Wildman–Crippen MR) is 72.9 cm³/mol. The zero-order valence-corrected chi connectivity index (χ0v) is 11.5. The molecule has 0 spiro atoms. The second-order valence-electron chi connectivity index (χ2n) is 4.47. The minimum atomic E-state index is -1.04. The summed E-state index contributed by atoms with van der Waals surface area (Å²) >= 11 is 0. The summed E-state index contributed by atoms with van der Waals surface area (Å²) in [5, 5.41) is 15.4. The number of amides is 1. The quantitative estimate of drug-likeness (QED) is 0.821. The normalized spacial score (nSPS) is 10.3. The summed E-state index contributed by atoms with van der Waals surface area (Å²) < 4.78 is 4.92. The number of hydrogen-bond donors (Lipinski definition) is 2. The lowest BCUT2D eigenvalue weighted by atomic mass is 10.0. The molecule has 0 aliphatic heterocycles. The number of benzene rings is 1. The molecule has 0 saturated heterocycles. The Morgan fingerprint density at radius 1 is 1.33 bits per heavy atom. The maximum absolute atomic E-state index is 11.8. The van der Waals surface area contributed by atoms with E-state index in [9.17, 15) is 9.59 Å². The largest absolute Gasteiger partial charge is 0.478 e. The zero-order valence-electron chi connectivity index (χ0n) is 11.5. The van der Waals surface area contributed by atoms with E-state index in [0.717, 1.165) is 0 Å². The van der Waals surface area contributed by atoms with Gasteiger partial charge in [0.15, 0.2) is 5.82 Å². The molecule has 0 unspecified atom stereocenters. The van der Waals surface area contributed by atoms with Crippen LogP contribution in [0.5, 0.6) is 0 Å². The first kappa shape index (κ1) is 14.7. The number of carbonyl (C=O) groups is 2. The van der Waals surface area contributed by atoms with Gasteiger partial charge in [0.25, 0.3) is 0 Å². The number of carboxylic acids is 1. The molecule has 0 radical (unpaired) electrons. The smallest absolute Gasteiger partial charge is 0.335 e. The van der Waals surface area contributed by atoms with Gasteiger partial charge in [-0.2, -0.15) is 4.98 Å². The summed E-state index contributed by atoms with van der Waals surface area (Å²) in [6.45, 7) is 2.07. The molecule has 2 aromatic rings. The fraction of sp³-hybridized carbons (Fsp3) is 0.286. The average molecular weight is 289 g/mol. The monoisotopic (exact) mass is 289 g/mol. The molecular formula is C14H15N3O4. The maximum atomic E-state index is 11.8. The van der Waals surface area contributed by atoms with E-state index in [1.54, 1.807) is 25.1 Å². The lowest BCUT2D eigenvalue weighted by molar-refractivity contribution is -0.120. The Morgan fingerprint density at radius 2 is 2.10 bits per heavy atom. The van der Waals surface area contributed by atoms with Gasteiger partial charge in [-0.05, 0) is 18.6 Å². The molecule has 7 nitrogen and oxygen atoms in total. The Bertz CT molecular complexity index is 651. The highest BCUT2D eigenvalue weighted by Crippen LogP contribution is 2.09. The number of aromatic nitrogens is 2. The Morgan fingerprint density at radius 3 is 2.76 bits per heavy atom. The van der Waals surface area contributed by atoms with E-state index in [0.29, 0.717) is 30.2 Å². The molecule has 0 atom stereocenters. The highest BCUT2D eigenvalue weighted by Gasteiger charge is 2.12. The number of nitrogens with one attached hydrogen (secondary N) is 1. The number of carboxylic acid groups (broad SMARTS) is 1. The summed E-state index contributed by atoms with van der Waals surface area (Å²) in [6, 6.07) is 6.44. The average Bonchev–Trinajstić information content (AvgIpc) is 2.85. The third-order valence-corrected chi connectivity index (χ3v) is 2.83. The van der Waals surface area contributed by atoms with Crippen LogP contribution in [0.25, 0.3) is 0 Å². The number of aryl methyl sites for hydroxylation is 1. The van der Waals surface area contributed by atoms with Crippen LogP contribution in [-0.2, 0) is 17.6 Å². The number of aromatic carboxylic acids is 1. The topological polar surface area (TPSA) is 105 Å². The standard InChI is InChI=1S/C14H15N3O4/c1-9-16-13(21-17-9)6-7-15-12(18)8-10-4-2-3-5-11(10)14(19)20/h2-5H,6-8H2,1H3,(H,15,18)(H,19,20). The van der Waals surface area contributed by atoms with Gasteiger partial charge in [-0.15, -0.1) is 0 Å². The maximum Gasteiger partial charge on any atom is 0.335 e. The van der Waals surface area contributed by atoms with Crippen molar-refractivity contribution < 1.29 is 19.2 Å². The van der Waals surface area contributed by atoms with Crippen molar-refractivity contribution in [2.75, 3.05) is 6.54 Å². The second kappa shape index (κ2) is 6.65. The van der Waals surface area contributed by atoms with Crippen LogP contribution in [0.1, 0.15) is 27.6 Å². The minimum Gasteiger partial charge on any atom is -0.478 e. The molecule has 2 rings (SSSR count). The van der Waals surface area contributed by atoms with Gasteiger partial charge in [0.1, 0.15) is 0 Å². The first-order chi connectivity index (χ1) is 10.1. The summed E-state index contributed by atoms with van der Waals surface area (Å²) in [5.74, 6) is -0.287. The Balaban J connectivity index is 1.86. The van der Waals surface area contributed by atoms with E-state index in [-0.39, 0.29) is 17.9 Å². The Kier molecular flexibility index (Phi) is 4.65. The first-order valence-electron chi connectivity index (χ1n) is 6.43. The van der Waals surface area contributed by atoms with Crippen LogP contribution in [0.2, 0.25) is 0 Å².